The summed E-state index contributed by atoms with van der Waals surface area (Å²) in [6.07, 6.45) is 1.20. The number of carbonyl (C=O) groups is 2. The number of benzene rings is 1. The summed E-state index contributed by atoms with van der Waals surface area (Å²) in [6.45, 7) is 4.10. The Bertz CT molecular complexity index is 984. The molecule has 0 atom stereocenters. The van der Waals surface area contributed by atoms with Crippen LogP contribution in [0.1, 0.15) is 25.4 Å². The predicted molar refractivity (Wildman–Crippen MR) is 108 cm³/mol. The van der Waals surface area contributed by atoms with Crippen LogP contribution in [0.15, 0.2) is 50.8 Å². The summed E-state index contributed by atoms with van der Waals surface area (Å²) in [7, 11) is -3.72. The van der Waals surface area contributed by atoms with E-state index in [1.54, 1.807) is 12.1 Å². The Morgan fingerprint density at radius 2 is 1.83 bits per heavy atom. The Morgan fingerprint density at radius 1 is 1.14 bits per heavy atom. The van der Waals surface area contributed by atoms with E-state index in [2.05, 4.69) is 20.6 Å². The van der Waals surface area contributed by atoms with Crippen molar-refractivity contribution in [2.24, 2.45) is 11.0 Å². The Hall–Kier alpha value is -2.69. The van der Waals surface area contributed by atoms with Gasteiger partial charge < -0.3 is 9.73 Å². The van der Waals surface area contributed by atoms with Gasteiger partial charge in [-0.1, -0.05) is 25.4 Å². The van der Waals surface area contributed by atoms with Crippen molar-refractivity contribution in [2.75, 3.05) is 6.54 Å². The Kier molecular flexibility index (Phi) is 7.94. The van der Waals surface area contributed by atoms with E-state index in [4.69, 9.17) is 16.0 Å². The second-order valence-electron chi connectivity index (χ2n) is 6.39. The molecule has 1 aromatic carbocycles. The molecule has 1 aromatic heterocycles. The number of sulfonamides is 1. The van der Waals surface area contributed by atoms with Gasteiger partial charge in [0.15, 0.2) is 0 Å². The lowest BCUT2D eigenvalue weighted by atomic mass is 10.2. The quantitative estimate of drug-likeness (QED) is 0.326. The largest absolute Gasteiger partial charge is 0.459 e. The Labute approximate surface area is 173 Å². The van der Waals surface area contributed by atoms with Gasteiger partial charge in [-0.2, -0.15) is 5.10 Å². The lowest BCUT2D eigenvalue weighted by Crippen LogP contribution is -2.39. The first-order valence-corrected chi connectivity index (χ1v) is 10.5. The van der Waals surface area contributed by atoms with Crippen molar-refractivity contribution in [1.29, 1.82) is 0 Å². The van der Waals surface area contributed by atoms with Gasteiger partial charge in [0.05, 0.1) is 17.7 Å². The van der Waals surface area contributed by atoms with Gasteiger partial charge in [0.25, 0.3) is 0 Å². The second-order valence-corrected chi connectivity index (χ2v) is 8.59. The van der Waals surface area contributed by atoms with E-state index in [1.807, 2.05) is 13.8 Å². The molecule has 1 heterocycles. The average Bonchev–Trinajstić information content (AvgIpc) is 3.12. The third-order valence-electron chi connectivity index (χ3n) is 3.48. The molecule has 0 bridgehead atoms. The van der Waals surface area contributed by atoms with Crippen LogP contribution in [0.3, 0.4) is 0 Å². The van der Waals surface area contributed by atoms with Gasteiger partial charge in [0.1, 0.15) is 11.5 Å². The van der Waals surface area contributed by atoms with Crippen LogP contribution in [0, 0.1) is 5.92 Å². The minimum absolute atomic E-state index is 0.0775. The maximum Gasteiger partial charge on any atom is 0.329 e. The van der Waals surface area contributed by atoms with Crippen LogP contribution in [0.4, 0.5) is 0 Å². The molecule has 11 heteroatoms. The monoisotopic (exact) mass is 440 g/mol. The molecule has 2 rings (SSSR count). The van der Waals surface area contributed by atoms with Crippen LogP contribution in [0.25, 0.3) is 0 Å². The number of carbonyl (C=O) groups excluding carboxylic acids is 2. The summed E-state index contributed by atoms with van der Waals surface area (Å²) >= 11 is 5.75. The molecular weight excluding hydrogens is 420 g/mol. The fourth-order valence-corrected chi connectivity index (χ4v) is 3.12. The standard InChI is InChI=1S/C18H21ClN4O5S/c1-12(2)9-20-17(24)18(25)23-21-10-14-5-6-15(28-14)11-22-29(26,27)16-7-3-13(19)4-8-16/h3-8,10,12,22H,9,11H2,1-2H3,(H,20,24)(H,23,25)/b21-10+. The summed E-state index contributed by atoms with van der Waals surface area (Å²) in [5, 5.41) is 6.53. The molecule has 0 fully saturated rings. The smallest absolute Gasteiger partial charge is 0.329 e. The number of hydrogen-bond acceptors (Lipinski definition) is 6. The van der Waals surface area contributed by atoms with Gasteiger partial charge >= 0.3 is 11.8 Å². The molecule has 0 saturated carbocycles. The van der Waals surface area contributed by atoms with Gasteiger partial charge in [-0.3, -0.25) is 9.59 Å². The third-order valence-corrected chi connectivity index (χ3v) is 5.15. The van der Waals surface area contributed by atoms with E-state index >= 15 is 0 Å². The molecule has 2 aromatic rings. The summed E-state index contributed by atoms with van der Waals surface area (Å²) in [4.78, 5) is 23.2. The fraction of sp³-hybridized carbons (Fsp3) is 0.278. The zero-order valence-corrected chi connectivity index (χ0v) is 17.4. The molecule has 0 unspecified atom stereocenters. The normalized spacial score (nSPS) is 11.7. The molecule has 29 heavy (non-hydrogen) atoms. The zero-order valence-electron chi connectivity index (χ0n) is 15.8. The highest BCUT2D eigenvalue weighted by atomic mass is 35.5. The van der Waals surface area contributed by atoms with Gasteiger partial charge in [-0.25, -0.2) is 18.6 Å². The number of amides is 2. The molecule has 0 aliphatic heterocycles. The van der Waals surface area contributed by atoms with E-state index in [0.717, 1.165) is 0 Å². The van der Waals surface area contributed by atoms with Crippen molar-refractivity contribution in [1.82, 2.24) is 15.5 Å². The minimum atomic E-state index is -3.72. The lowest BCUT2D eigenvalue weighted by molar-refractivity contribution is -0.139. The van der Waals surface area contributed by atoms with E-state index in [1.165, 1.54) is 30.5 Å². The molecule has 0 aliphatic carbocycles. The molecule has 0 radical (unpaired) electrons. The van der Waals surface area contributed by atoms with Crippen molar-refractivity contribution in [3.8, 4) is 0 Å². The predicted octanol–water partition coefficient (Wildman–Crippen LogP) is 1.63. The minimum Gasteiger partial charge on any atom is -0.459 e. The van der Waals surface area contributed by atoms with Crippen LogP contribution < -0.4 is 15.5 Å². The van der Waals surface area contributed by atoms with E-state index in [9.17, 15) is 18.0 Å². The number of hydrogen-bond donors (Lipinski definition) is 3. The fourth-order valence-electron chi connectivity index (χ4n) is 2.00. The molecule has 0 saturated heterocycles. The molecule has 2 amide bonds. The molecule has 0 aliphatic rings. The third kappa shape index (κ3) is 7.33. The van der Waals surface area contributed by atoms with Crippen LogP contribution in [-0.4, -0.2) is 33.0 Å². The van der Waals surface area contributed by atoms with Gasteiger partial charge in [-0.05, 0) is 42.3 Å². The maximum atomic E-state index is 12.2. The highest BCUT2D eigenvalue weighted by Gasteiger charge is 2.15. The zero-order chi connectivity index (χ0) is 21.4. The first-order chi connectivity index (χ1) is 13.7. The highest BCUT2D eigenvalue weighted by molar-refractivity contribution is 7.89. The van der Waals surface area contributed by atoms with Crippen LogP contribution in [0.5, 0.6) is 0 Å². The molecule has 9 nitrogen and oxygen atoms in total. The number of hydrazone groups is 1. The number of halogens is 1. The maximum absolute atomic E-state index is 12.2. The van der Waals surface area contributed by atoms with Crippen molar-refractivity contribution in [3.63, 3.8) is 0 Å². The summed E-state index contributed by atoms with van der Waals surface area (Å²) in [5.41, 5.74) is 2.08. The molecular formula is C18H21ClN4O5S. The van der Waals surface area contributed by atoms with Crippen molar-refractivity contribution in [3.05, 3.63) is 52.9 Å². The SMILES string of the molecule is CC(C)CNC(=O)C(=O)N/N=C/c1ccc(CNS(=O)(=O)c2ccc(Cl)cc2)o1. The number of nitrogens with one attached hydrogen (secondary N) is 3. The van der Waals surface area contributed by atoms with E-state index in [-0.39, 0.29) is 23.1 Å². The van der Waals surface area contributed by atoms with Crippen molar-refractivity contribution < 1.29 is 22.4 Å². The highest BCUT2D eigenvalue weighted by Crippen LogP contribution is 2.14. The van der Waals surface area contributed by atoms with Crippen LogP contribution >= 0.6 is 11.6 Å². The van der Waals surface area contributed by atoms with Crippen LogP contribution in [-0.2, 0) is 26.2 Å². The van der Waals surface area contributed by atoms with Gasteiger partial charge in [0, 0.05) is 11.6 Å². The Morgan fingerprint density at radius 3 is 2.48 bits per heavy atom. The van der Waals surface area contributed by atoms with Crippen LogP contribution in [0.2, 0.25) is 5.02 Å². The van der Waals surface area contributed by atoms with E-state index in [0.29, 0.717) is 17.3 Å². The first kappa shape index (κ1) is 22.6. The van der Waals surface area contributed by atoms with Gasteiger partial charge in [0.2, 0.25) is 10.0 Å². The second kappa shape index (κ2) is 10.2. The van der Waals surface area contributed by atoms with Gasteiger partial charge in [-0.15, -0.1) is 0 Å². The molecule has 0 spiro atoms. The summed E-state index contributed by atoms with van der Waals surface area (Å²) in [6, 6.07) is 8.85. The number of furan rings is 1. The molecule has 3 N–H and O–H groups in total. The summed E-state index contributed by atoms with van der Waals surface area (Å²) < 4.78 is 32.3. The Balaban J connectivity index is 1.86. The number of nitrogens with zero attached hydrogens (tertiary/aromatic N) is 1. The average molecular weight is 441 g/mol. The lowest BCUT2D eigenvalue weighted by Gasteiger charge is -2.05. The van der Waals surface area contributed by atoms with Crippen molar-refractivity contribution in [2.45, 2.75) is 25.3 Å². The topological polar surface area (TPSA) is 130 Å². The molecule has 156 valence electrons. The van der Waals surface area contributed by atoms with Crippen molar-refractivity contribution >= 4 is 39.7 Å². The number of rotatable bonds is 8. The van der Waals surface area contributed by atoms with E-state index < -0.39 is 21.8 Å². The first-order valence-electron chi connectivity index (χ1n) is 8.62. The summed E-state index contributed by atoms with van der Waals surface area (Å²) in [5.74, 6) is -0.857.